The Morgan fingerprint density at radius 1 is 1.53 bits per heavy atom. The number of hydrogen-bond acceptors (Lipinski definition) is 4. The molecule has 90 valence electrons. The fourth-order valence-electron chi connectivity index (χ4n) is 1.87. The van der Waals surface area contributed by atoms with Crippen LogP contribution in [0.1, 0.15) is 20.3 Å². The molecule has 15 heavy (non-hydrogen) atoms. The van der Waals surface area contributed by atoms with E-state index >= 15 is 0 Å². The van der Waals surface area contributed by atoms with Crippen molar-refractivity contribution >= 4 is 11.8 Å². The van der Waals surface area contributed by atoms with Crippen molar-refractivity contribution in [3.8, 4) is 0 Å². The highest BCUT2D eigenvalue weighted by molar-refractivity contribution is 8.00. The third-order valence-corrected chi connectivity index (χ3v) is 4.15. The van der Waals surface area contributed by atoms with Gasteiger partial charge in [-0.25, -0.2) is 0 Å². The van der Waals surface area contributed by atoms with Gasteiger partial charge in [0.05, 0.1) is 6.10 Å². The summed E-state index contributed by atoms with van der Waals surface area (Å²) in [5.41, 5.74) is 0. The topological polar surface area (TPSA) is 35.5 Å². The van der Waals surface area contributed by atoms with Crippen LogP contribution in [0.3, 0.4) is 0 Å². The second kappa shape index (κ2) is 7.49. The van der Waals surface area contributed by atoms with Crippen LogP contribution < -0.4 is 5.32 Å². The zero-order valence-corrected chi connectivity index (χ0v) is 10.7. The van der Waals surface area contributed by atoms with Gasteiger partial charge < -0.3 is 10.4 Å². The number of likely N-dealkylation sites (N-methyl/N-ethyl adjacent to an activating group) is 1. The third kappa shape index (κ3) is 5.20. The number of hydrogen-bond donors (Lipinski definition) is 2. The molecular formula is C11H24N2OS. The number of rotatable bonds is 6. The van der Waals surface area contributed by atoms with Crippen LogP contribution in [0, 0.1) is 0 Å². The standard InChI is InChI=1S/C11H24N2OS/c1-3-11-9-13(5-6-15-11)8-10(14)7-12-4-2/h10-12,14H,3-9H2,1-2H3. The molecule has 2 atom stereocenters. The first-order valence-corrected chi connectivity index (χ1v) is 7.03. The van der Waals surface area contributed by atoms with Gasteiger partial charge in [0.25, 0.3) is 0 Å². The Hall–Kier alpha value is 0.230. The maximum Gasteiger partial charge on any atom is 0.0791 e. The van der Waals surface area contributed by atoms with Crippen LogP contribution in [0.2, 0.25) is 0 Å². The van der Waals surface area contributed by atoms with Crippen LogP contribution in [-0.2, 0) is 0 Å². The average Bonchev–Trinajstić information content (AvgIpc) is 2.26. The Morgan fingerprint density at radius 2 is 2.33 bits per heavy atom. The van der Waals surface area contributed by atoms with Crippen molar-refractivity contribution in [2.24, 2.45) is 0 Å². The van der Waals surface area contributed by atoms with Gasteiger partial charge >= 0.3 is 0 Å². The minimum absolute atomic E-state index is 0.217. The Labute approximate surface area is 97.6 Å². The van der Waals surface area contributed by atoms with Crippen LogP contribution in [0.4, 0.5) is 0 Å². The smallest absolute Gasteiger partial charge is 0.0791 e. The monoisotopic (exact) mass is 232 g/mol. The highest BCUT2D eigenvalue weighted by Gasteiger charge is 2.20. The molecule has 1 heterocycles. The number of aliphatic hydroxyl groups is 1. The van der Waals surface area contributed by atoms with E-state index in [0.29, 0.717) is 0 Å². The summed E-state index contributed by atoms with van der Waals surface area (Å²) in [6.45, 7) is 9.06. The van der Waals surface area contributed by atoms with Crippen molar-refractivity contribution in [1.29, 1.82) is 0 Å². The molecule has 0 bridgehead atoms. The predicted molar refractivity (Wildman–Crippen MR) is 67.5 cm³/mol. The van der Waals surface area contributed by atoms with E-state index in [1.54, 1.807) is 0 Å². The fourth-order valence-corrected chi connectivity index (χ4v) is 3.12. The molecule has 2 N–H and O–H groups in total. The number of nitrogens with zero attached hydrogens (tertiary/aromatic N) is 1. The van der Waals surface area contributed by atoms with Crippen molar-refractivity contribution in [1.82, 2.24) is 10.2 Å². The second-order valence-electron chi connectivity index (χ2n) is 4.12. The van der Waals surface area contributed by atoms with Gasteiger partial charge in [-0.15, -0.1) is 0 Å². The maximum atomic E-state index is 9.78. The summed E-state index contributed by atoms with van der Waals surface area (Å²) in [5, 5.41) is 13.7. The van der Waals surface area contributed by atoms with Crippen molar-refractivity contribution in [3.05, 3.63) is 0 Å². The average molecular weight is 232 g/mol. The molecule has 1 aliphatic rings. The molecule has 0 radical (unpaired) electrons. The van der Waals surface area contributed by atoms with Crippen LogP contribution >= 0.6 is 11.8 Å². The molecular weight excluding hydrogens is 208 g/mol. The van der Waals surface area contributed by atoms with Gasteiger partial charge in [0.15, 0.2) is 0 Å². The van der Waals surface area contributed by atoms with Gasteiger partial charge in [0, 0.05) is 37.2 Å². The van der Waals surface area contributed by atoms with E-state index < -0.39 is 0 Å². The quantitative estimate of drug-likeness (QED) is 0.709. The second-order valence-corrected chi connectivity index (χ2v) is 5.53. The highest BCUT2D eigenvalue weighted by atomic mass is 32.2. The molecule has 1 aliphatic heterocycles. The lowest BCUT2D eigenvalue weighted by Crippen LogP contribution is -2.44. The lowest BCUT2D eigenvalue weighted by molar-refractivity contribution is 0.113. The van der Waals surface area contributed by atoms with Gasteiger partial charge in [-0.05, 0) is 13.0 Å². The van der Waals surface area contributed by atoms with Crippen LogP contribution in [-0.4, -0.2) is 59.8 Å². The number of β-amino-alcohol motifs (C(OH)–C–C–N with tert-alkyl or cyclic N) is 1. The van der Waals surface area contributed by atoms with E-state index in [9.17, 15) is 5.11 Å². The molecule has 1 rings (SSSR count). The molecule has 1 saturated heterocycles. The third-order valence-electron chi connectivity index (χ3n) is 2.78. The van der Waals surface area contributed by atoms with Crippen molar-refractivity contribution in [2.45, 2.75) is 31.6 Å². The molecule has 2 unspecified atom stereocenters. The number of nitrogens with one attached hydrogen (secondary N) is 1. The maximum absolute atomic E-state index is 9.78. The van der Waals surface area contributed by atoms with Crippen molar-refractivity contribution < 1.29 is 5.11 Å². The normalized spacial score (nSPS) is 25.4. The minimum Gasteiger partial charge on any atom is -0.390 e. The molecule has 1 fully saturated rings. The largest absolute Gasteiger partial charge is 0.390 e. The Bertz CT molecular complexity index is 169. The molecule has 0 aliphatic carbocycles. The van der Waals surface area contributed by atoms with Gasteiger partial charge in [-0.3, -0.25) is 4.90 Å². The predicted octanol–water partition coefficient (Wildman–Crippen LogP) is 0.784. The molecule has 0 amide bonds. The fraction of sp³-hybridized carbons (Fsp3) is 1.00. The van der Waals surface area contributed by atoms with E-state index in [1.807, 2.05) is 0 Å². The Morgan fingerprint density at radius 3 is 3.00 bits per heavy atom. The summed E-state index contributed by atoms with van der Waals surface area (Å²) in [6.07, 6.45) is 1.02. The first kappa shape index (κ1) is 13.3. The first-order chi connectivity index (χ1) is 7.26. The van der Waals surface area contributed by atoms with E-state index in [-0.39, 0.29) is 6.10 Å². The zero-order chi connectivity index (χ0) is 11.1. The summed E-state index contributed by atoms with van der Waals surface area (Å²) in [5.74, 6) is 1.21. The minimum atomic E-state index is -0.217. The molecule has 0 aromatic rings. The molecule has 0 saturated carbocycles. The van der Waals surface area contributed by atoms with E-state index in [0.717, 1.165) is 38.0 Å². The molecule has 3 nitrogen and oxygen atoms in total. The van der Waals surface area contributed by atoms with Gasteiger partial charge in [-0.2, -0.15) is 11.8 Å². The van der Waals surface area contributed by atoms with Crippen LogP contribution in [0.5, 0.6) is 0 Å². The molecule has 0 aromatic carbocycles. The van der Waals surface area contributed by atoms with Crippen LogP contribution in [0.15, 0.2) is 0 Å². The zero-order valence-electron chi connectivity index (χ0n) is 9.91. The molecule has 0 aromatic heterocycles. The lowest BCUT2D eigenvalue weighted by Gasteiger charge is -2.33. The van der Waals surface area contributed by atoms with Gasteiger partial charge in [0.1, 0.15) is 0 Å². The van der Waals surface area contributed by atoms with E-state index in [2.05, 4.69) is 35.8 Å². The summed E-state index contributed by atoms with van der Waals surface area (Å²) >= 11 is 2.07. The number of thioether (sulfide) groups is 1. The molecule has 0 spiro atoms. The van der Waals surface area contributed by atoms with Crippen molar-refractivity contribution in [2.75, 3.05) is 38.5 Å². The summed E-state index contributed by atoms with van der Waals surface area (Å²) in [7, 11) is 0. The summed E-state index contributed by atoms with van der Waals surface area (Å²) in [4.78, 5) is 2.40. The van der Waals surface area contributed by atoms with E-state index in [4.69, 9.17) is 0 Å². The van der Waals surface area contributed by atoms with Gasteiger partial charge in [-0.1, -0.05) is 13.8 Å². The van der Waals surface area contributed by atoms with Crippen molar-refractivity contribution in [3.63, 3.8) is 0 Å². The first-order valence-electron chi connectivity index (χ1n) is 5.99. The lowest BCUT2D eigenvalue weighted by atomic mass is 10.2. The van der Waals surface area contributed by atoms with Gasteiger partial charge in [0.2, 0.25) is 0 Å². The highest BCUT2D eigenvalue weighted by Crippen LogP contribution is 2.20. The molecule has 4 heteroatoms. The summed E-state index contributed by atoms with van der Waals surface area (Å²) < 4.78 is 0. The Balaban J connectivity index is 2.19. The van der Waals surface area contributed by atoms with Crippen LogP contribution in [0.25, 0.3) is 0 Å². The summed E-state index contributed by atoms with van der Waals surface area (Å²) in [6, 6.07) is 0. The number of aliphatic hydroxyl groups excluding tert-OH is 1. The van der Waals surface area contributed by atoms with E-state index in [1.165, 1.54) is 12.2 Å². The Kier molecular flexibility index (Phi) is 6.64. The SMILES string of the molecule is CCNCC(O)CN1CCSC(CC)C1.